The molecule has 0 saturated carbocycles. The van der Waals surface area contributed by atoms with E-state index in [1.54, 1.807) is 43.3 Å². The molecule has 0 fully saturated rings. The van der Waals surface area contributed by atoms with E-state index in [-0.39, 0.29) is 35.7 Å². The highest BCUT2D eigenvalue weighted by Crippen LogP contribution is 2.29. The van der Waals surface area contributed by atoms with Crippen LogP contribution in [0.1, 0.15) is 31.1 Å². The number of hydrogen-bond donors (Lipinski definition) is 1. The zero-order valence-electron chi connectivity index (χ0n) is 20.0. The van der Waals surface area contributed by atoms with Gasteiger partial charge < -0.3 is 24.1 Å². The molecule has 1 unspecified atom stereocenters. The number of carbonyl (C=O) groups is 3. The smallest absolute Gasteiger partial charge is 0.338 e. The highest BCUT2D eigenvalue weighted by molar-refractivity contribution is 5.93. The Hall–Kier alpha value is -4.17. The third kappa shape index (κ3) is 8.28. The number of aliphatic hydroxyl groups is 1. The average Bonchev–Trinajstić information content (AvgIpc) is 2.81. The van der Waals surface area contributed by atoms with E-state index in [1.165, 1.54) is 19.9 Å². The quantitative estimate of drug-likeness (QED) is 0.126. The first kappa shape index (κ1) is 27.1. The van der Waals surface area contributed by atoms with Gasteiger partial charge in [-0.15, -0.1) is 0 Å². The predicted molar refractivity (Wildman–Crippen MR) is 130 cm³/mol. The van der Waals surface area contributed by atoms with Gasteiger partial charge in [-0.1, -0.05) is 31.9 Å². The number of aliphatic hydroxyl groups excluding tert-OH is 1. The van der Waals surface area contributed by atoms with Crippen LogP contribution in [-0.4, -0.2) is 42.5 Å². The molecule has 0 saturated heterocycles. The van der Waals surface area contributed by atoms with Crippen molar-refractivity contribution >= 4 is 17.9 Å². The molecular weight excluding hydrogens is 452 g/mol. The van der Waals surface area contributed by atoms with Gasteiger partial charge in [0.1, 0.15) is 24.7 Å². The SMILES string of the molecule is C=C(C)C(=O)OCCOC(=O)c1cc(OC(=O)C(=C)C)cc(-c2ccc(OC(O)C(=C)C)cc2)c1. The minimum absolute atomic E-state index is 0.120. The second kappa shape index (κ2) is 12.3. The number of carbonyl (C=O) groups excluding carboxylic acids is 3. The van der Waals surface area contributed by atoms with E-state index in [9.17, 15) is 19.5 Å². The molecule has 0 radical (unpaired) electrons. The van der Waals surface area contributed by atoms with Gasteiger partial charge in [0.25, 0.3) is 0 Å². The van der Waals surface area contributed by atoms with Crippen molar-refractivity contribution in [1.29, 1.82) is 0 Å². The molecule has 0 bridgehead atoms. The molecule has 184 valence electrons. The predicted octanol–water partition coefficient (Wildman–Crippen LogP) is 4.38. The van der Waals surface area contributed by atoms with Crippen LogP contribution < -0.4 is 9.47 Å². The molecule has 8 heteroatoms. The monoisotopic (exact) mass is 480 g/mol. The zero-order chi connectivity index (χ0) is 26.1. The second-order valence-electron chi connectivity index (χ2n) is 7.81. The number of hydrogen-bond acceptors (Lipinski definition) is 8. The molecule has 0 heterocycles. The summed E-state index contributed by atoms with van der Waals surface area (Å²) in [5.41, 5.74) is 2.24. The van der Waals surface area contributed by atoms with Crippen molar-refractivity contribution in [1.82, 2.24) is 0 Å². The summed E-state index contributed by atoms with van der Waals surface area (Å²) in [6, 6.07) is 11.2. The van der Waals surface area contributed by atoms with E-state index < -0.39 is 24.2 Å². The van der Waals surface area contributed by atoms with Gasteiger partial charge in [-0.2, -0.15) is 0 Å². The second-order valence-corrected chi connectivity index (χ2v) is 7.81. The summed E-state index contributed by atoms with van der Waals surface area (Å²) in [6.45, 7) is 15.0. The lowest BCUT2D eigenvalue weighted by Gasteiger charge is -2.14. The lowest BCUT2D eigenvalue weighted by atomic mass is 10.0. The fourth-order valence-electron chi connectivity index (χ4n) is 2.57. The summed E-state index contributed by atoms with van der Waals surface area (Å²) in [5, 5.41) is 9.81. The van der Waals surface area contributed by atoms with Crippen molar-refractivity contribution in [2.45, 2.75) is 27.1 Å². The Bertz CT molecular complexity index is 1140. The lowest BCUT2D eigenvalue weighted by molar-refractivity contribution is -0.140. The van der Waals surface area contributed by atoms with E-state index in [0.717, 1.165) is 0 Å². The van der Waals surface area contributed by atoms with Gasteiger partial charge in [-0.25, -0.2) is 14.4 Å². The summed E-state index contributed by atoms with van der Waals surface area (Å²) in [5.74, 6) is -1.39. The van der Waals surface area contributed by atoms with Gasteiger partial charge in [-0.05, 0) is 67.8 Å². The van der Waals surface area contributed by atoms with Crippen molar-refractivity contribution in [2.24, 2.45) is 0 Å². The van der Waals surface area contributed by atoms with Gasteiger partial charge in [0, 0.05) is 11.1 Å². The summed E-state index contributed by atoms with van der Waals surface area (Å²) >= 11 is 0. The van der Waals surface area contributed by atoms with Gasteiger partial charge >= 0.3 is 17.9 Å². The average molecular weight is 481 g/mol. The maximum Gasteiger partial charge on any atom is 0.338 e. The third-order valence-electron chi connectivity index (χ3n) is 4.46. The minimum atomic E-state index is -1.14. The molecule has 0 aliphatic heterocycles. The molecule has 0 spiro atoms. The van der Waals surface area contributed by atoms with Crippen molar-refractivity contribution in [3.05, 3.63) is 84.5 Å². The van der Waals surface area contributed by atoms with E-state index in [1.807, 2.05) is 0 Å². The van der Waals surface area contributed by atoms with E-state index >= 15 is 0 Å². The first-order chi connectivity index (χ1) is 16.5. The summed E-state index contributed by atoms with van der Waals surface area (Å²) in [7, 11) is 0. The fourth-order valence-corrected chi connectivity index (χ4v) is 2.57. The minimum Gasteiger partial charge on any atom is -0.461 e. The molecule has 2 rings (SSSR count). The molecule has 0 amide bonds. The summed E-state index contributed by atoms with van der Waals surface area (Å²) < 4.78 is 20.8. The van der Waals surface area contributed by atoms with Crippen LogP contribution in [0.2, 0.25) is 0 Å². The van der Waals surface area contributed by atoms with Gasteiger partial charge in [0.05, 0.1) is 5.56 Å². The van der Waals surface area contributed by atoms with Crippen LogP contribution in [0.4, 0.5) is 0 Å². The van der Waals surface area contributed by atoms with Crippen LogP contribution in [0.5, 0.6) is 11.5 Å². The number of esters is 3. The molecule has 2 aromatic carbocycles. The van der Waals surface area contributed by atoms with Crippen molar-refractivity contribution in [3.8, 4) is 22.6 Å². The van der Waals surface area contributed by atoms with Crippen LogP contribution in [0.25, 0.3) is 11.1 Å². The number of rotatable bonds is 11. The first-order valence-corrected chi connectivity index (χ1v) is 10.6. The van der Waals surface area contributed by atoms with Crippen LogP contribution in [0, 0.1) is 0 Å². The maximum atomic E-state index is 12.6. The molecule has 0 aromatic heterocycles. The van der Waals surface area contributed by atoms with Crippen molar-refractivity contribution in [3.63, 3.8) is 0 Å². The lowest BCUT2D eigenvalue weighted by Crippen LogP contribution is -2.15. The fraction of sp³-hybridized carbons (Fsp3) is 0.222. The molecule has 1 atom stereocenters. The molecule has 2 aromatic rings. The Balaban J connectivity index is 2.26. The Labute approximate surface area is 204 Å². The molecule has 1 N–H and O–H groups in total. The topological polar surface area (TPSA) is 108 Å². The molecule has 0 aliphatic carbocycles. The Morgan fingerprint density at radius 3 is 1.97 bits per heavy atom. The maximum absolute atomic E-state index is 12.6. The first-order valence-electron chi connectivity index (χ1n) is 10.6. The van der Waals surface area contributed by atoms with Crippen molar-refractivity contribution < 1.29 is 38.4 Å². The Kier molecular flexibility index (Phi) is 9.54. The van der Waals surface area contributed by atoms with Gasteiger partial charge in [0.2, 0.25) is 6.29 Å². The largest absolute Gasteiger partial charge is 0.461 e. The standard InChI is InChI=1S/C27H28O8/c1-16(2)24(28)32-11-12-33-27(31)21-13-20(14-23(15-21)35-26(30)18(5)6)19-7-9-22(10-8-19)34-25(29)17(3)4/h7-10,13-15,25,29H,1,3,5,11-12H2,2,4,6H3. The molecule has 8 nitrogen and oxygen atoms in total. The van der Waals surface area contributed by atoms with Crippen LogP contribution in [0.15, 0.2) is 78.9 Å². The summed E-state index contributed by atoms with van der Waals surface area (Å²) in [4.78, 5) is 36.1. The molecule has 0 aliphatic rings. The zero-order valence-corrected chi connectivity index (χ0v) is 20.0. The Morgan fingerprint density at radius 1 is 0.800 bits per heavy atom. The Morgan fingerprint density at radius 2 is 1.40 bits per heavy atom. The van der Waals surface area contributed by atoms with Crippen molar-refractivity contribution in [2.75, 3.05) is 13.2 Å². The van der Waals surface area contributed by atoms with E-state index in [0.29, 0.717) is 22.4 Å². The van der Waals surface area contributed by atoms with E-state index in [2.05, 4.69) is 19.7 Å². The van der Waals surface area contributed by atoms with Crippen LogP contribution in [0.3, 0.4) is 0 Å². The normalized spacial score (nSPS) is 11.1. The number of ether oxygens (including phenoxy) is 4. The highest BCUT2D eigenvalue weighted by atomic mass is 16.6. The highest BCUT2D eigenvalue weighted by Gasteiger charge is 2.15. The molecule has 35 heavy (non-hydrogen) atoms. The van der Waals surface area contributed by atoms with Gasteiger partial charge in [-0.3, -0.25) is 0 Å². The van der Waals surface area contributed by atoms with Crippen LogP contribution >= 0.6 is 0 Å². The number of benzene rings is 2. The third-order valence-corrected chi connectivity index (χ3v) is 4.46. The van der Waals surface area contributed by atoms with E-state index in [4.69, 9.17) is 18.9 Å². The molecular formula is C27H28O8. The van der Waals surface area contributed by atoms with Gasteiger partial charge in [0.15, 0.2) is 0 Å². The van der Waals surface area contributed by atoms with Crippen LogP contribution in [-0.2, 0) is 19.1 Å². The summed E-state index contributed by atoms with van der Waals surface area (Å²) in [6.07, 6.45) is -1.14.